The fraction of sp³-hybridized carbons (Fsp3) is 0.290. The predicted molar refractivity (Wildman–Crippen MR) is 160 cm³/mol. The number of ether oxygens (including phenoxy) is 3. The van der Waals surface area contributed by atoms with E-state index in [0.717, 1.165) is 36.1 Å². The monoisotopic (exact) mass is 586 g/mol. The summed E-state index contributed by atoms with van der Waals surface area (Å²) in [5.74, 6) is 0.631. The summed E-state index contributed by atoms with van der Waals surface area (Å²) in [6.07, 6.45) is 0. The molecule has 3 aromatic carbocycles. The van der Waals surface area contributed by atoms with Crippen LogP contribution in [0.3, 0.4) is 0 Å². The van der Waals surface area contributed by atoms with Crippen molar-refractivity contribution in [3.8, 4) is 11.5 Å². The Labute approximate surface area is 246 Å². The van der Waals surface area contributed by atoms with Crippen LogP contribution in [0.1, 0.15) is 22.8 Å². The van der Waals surface area contributed by atoms with Gasteiger partial charge in [0.25, 0.3) is 11.5 Å². The van der Waals surface area contributed by atoms with Crippen molar-refractivity contribution in [2.75, 3.05) is 50.2 Å². The molecule has 0 unspecified atom stereocenters. The SMILES string of the molecule is CCOC(=O)CSc1nc2cc3c(cc2c(=O)n1Cc1ccc(C(=O)N2CCN(c4ccccc4)CC2)cc1)OCO3. The van der Waals surface area contributed by atoms with Gasteiger partial charge in [0.1, 0.15) is 0 Å². The van der Waals surface area contributed by atoms with Crippen molar-refractivity contribution in [1.82, 2.24) is 14.5 Å². The van der Waals surface area contributed by atoms with Gasteiger partial charge in [-0.25, -0.2) is 4.98 Å². The van der Waals surface area contributed by atoms with E-state index in [0.29, 0.717) is 46.2 Å². The molecule has 6 rings (SSSR count). The second-order valence-corrected chi connectivity index (χ2v) is 10.9. The molecule has 216 valence electrons. The number of para-hydroxylation sites is 1. The van der Waals surface area contributed by atoms with Crippen LogP contribution in [0.4, 0.5) is 5.69 Å². The minimum Gasteiger partial charge on any atom is -0.465 e. The summed E-state index contributed by atoms with van der Waals surface area (Å²) in [6, 6.07) is 20.8. The Morgan fingerprint density at radius 2 is 1.67 bits per heavy atom. The Hall–Kier alpha value is -4.51. The average molecular weight is 587 g/mol. The van der Waals surface area contributed by atoms with Crippen LogP contribution in [0.2, 0.25) is 0 Å². The van der Waals surface area contributed by atoms with E-state index in [9.17, 15) is 14.4 Å². The van der Waals surface area contributed by atoms with Gasteiger partial charge in [0, 0.05) is 43.5 Å². The third-order valence-electron chi connectivity index (χ3n) is 7.27. The standard InChI is InChI=1S/C31H30N4O6S/c1-2-39-28(36)19-42-31-32-25-17-27-26(40-20-41-27)16-24(25)30(38)35(31)18-21-8-10-22(11-9-21)29(37)34-14-12-33(13-15-34)23-6-4-3-5-7-23/h3-11,16-17H,2,12-15,18-20H2,1H3. The number of fused-ring (bicyclic) bond motifs is 2. The summed E-state index contributed by atoms with van der Waals surface area (Å²) in [5.41, 5.74) is 2.78. The molecule has 0 N–H and O–H groups in total. The zero-order chi connectivity index (χ0) is 29.1. The van der Waals surface area contributed by atoms with Gasteiger partial charge in [-0.05, 0) is 42.8 Å². The van der Waals surface area contributed by atoms with Crippen LogP contribution in [0.15, 0.2) is 76.7 Å². The summed E-state index contributed by atoms with van der Waals surface area (Å²) in [6.45, 7) is 5.16. The van der Waals surface area contributed by atoms with E-state index in [4.69, 9.17) is 19.2 Å². The Morgan fingerprint density at radius 3 is 2.38 bits per heavy atom. The molecule has 0 saturated carbocycles. The number of nitrogens with zero attached hydrogens (tertiary/aromatic N) is 4. The molecule has 4 aromatic rings. The molecule has 0 atom stereocenters. The van der Waals surface area contributed by atoms with Gasteiger partial charge in [-0.3, -0.25) is 19.0 Å². The first-order valence-corrected chi connectivity index (χ1v) is 14.8. The largest absolute Gasteiger partial charge is 0.465 e. The van der Waals surface area contributed by atoms with E-state index >= 15 is 0 Å². The number of hydrogen-bond acceptors (Lipinski definition) is 9. The minimum atomic E-state index is -0.387. The number of benzene rings is 3. The second kappa shape index (κ2) is 12.2. The van der Waals surface area contributed by atoms with Gasteiger partial charge in [0.05, 0.1) is 29.8 Å². The number of carbonyl (C=O) groups is 2. The summed E-state index contributed by atoms with van der Waals surface area (Å²) < 4.78 is 17.5. The lowest BCUT2D eigenvalue weighted by atomic mass is 10.1. The fourth-order valence-corrected chi connectivity index (χ4v) is 5.89. The zero-order valence-electron chi connectivity index (χ0n) is 23.2. The first kappa shape index (κ1) is 27.6. The number of hydrogen-bond donors (Lipinski definition) is 0. The topological polar surface area (TPSA) is 103 Å². The number of amides is 1. The highest BCUT2D eigenvalue weighted by molar-refractivity contribution is 7.99. The molecule has 1 aromatic heterocycles. The summed E-state index contributed by atoms with van der Waals surface area (Å²) >= 11 is 1.14. The third-order valence-corrected chi connectivity index (χ3v) is 8.22. The van der Waals surface area contributed by atoms with Crippen LogP contribution in [-0.2, 0) is 16.1 Å². The maximum Gasteiger partial charge on any atom is 0.316 e. The molecule has 10 nitrogen and oxygen atoms in total. The normalized spacial score (nSPS) is 14.3. The van der Waals surface area contributed by atoms with Gasteiger partial charge in [-0.15, -0.1) is 0 Å². The third kappa shape index (κ3) is 5.78. The average Bonchev–Trinajstić information content (AvgIpc) is 3.49. The lowest BCUT2D eigenvalue weighted by Crippen LogP contribution is -2.48. The van der Waals surface area contributed by atoms with E-state index in [-0.39, 0.29) is 43.1 Å². The van der Waals surface area contributed by atoms with Crippen molar-refractivity contribution in [3.63, 3.8) is 0 Å². The molecule has 1 saturated heterocycles. The lowest BCUT2D eigenvalue weighted by Gasteiger charge is -2.36. The number of carbonyl (C=O) groups excluding carboxylic acids is 2. The number of rotatable bonds is 8. The smallest absolute Gasteiger partial charge is 0.316 e. The van der Waals surface area contributed by atoms with Gasteiger partial charge in [0.2, 0.25) is 6.79 Å². The van der Waals surface area contributed by atoms with Crippen LogP contribution in [0, 0.1) is 0 Å². The lowest BCUT2D eigenvalue weighted by molar-refractivity contribution is -0.139. The molecule has 2 aliphatic rings. The van der Waals surface area contributed by atoms with Gasteiger partial charge >= 0.3 is 5.97 Å². The van der Waals surface area contributed by atoms with E-state index in [1.54, 1.807) is 31.2 Å². The molecule has 0 bridgehead atoms. The van der Waals surface area contributed by atoms with E-state index in [2.05, 4.69) is 17.0 Å². The van der Waals surface area contributed by atoms with Gasteiger partial charge in [-0.1, -0.05) is 42.1 Å². The molecule has 1 amide bonds. The van der Waals surface area contributed by atoms with Crippen molar-refractivity contribution >= 4 is 40.2 Å². The van der Waals surface area contributed by atoms with Crippen LogP contribution >= 0.6 is 11.8 Å². The molecule has 11 heteroatoms. The Bertz CT molecular complexity index is 1670. The van der Waals surface area contributed by atoms with E-state index < -0.39 is 0 Å². The first-order chi connectivity index (χ1) is 20.5. The predicted octanol–water partition coefficient (Wildman–Crippen LogP) is 3.79. The van der Waals surface area contributed by atoms with E-state index in [1.807, 2.05) is 35.2 Å². The summed E-state index contributed by atoms with van der Waals surface area (Å²) in [7, 11) is 0. The van der Waals surface area contributed by atoms with Gasteiger partial charge in [0.15, 0.2) is 16.7 Å². The molecule has 0 radical (unpaired) electrons. The zero-order valence-corrected chi connectivity index (χ0v) is 24.0. The maximum absolute atomic E-state index is 13.7. The van der Waals surface area contributed by atoms with Crippen molar-refractivity contribution in [1.29, 1.82) is 0 Å². The first-order valence-electron chi connectivity index (χ1n) is 13.8. The van der Waals surface area contributed by atoms with Crippen molar-refractivity contribution in [3.05, 3.63) is 88.2 Å². The number of anilines is 1. The number of esters is 1. The minimum absolute atomic E-state index is 0.0134. The highest BCUT2D eigenvalue weighted by atomic mass is 32.2. The quantitative estimate of drug-likeness (QED) is 0.173. The van der Waals surface area contributed by atoms with Gasteiger partial charge in [-0.2, -0.15) is 0 Å². The van der Waals surface area contributed by atoms with Crippen molar-refractivity contribution in [2.24, 2.45) is 0 Å². The number of thioether (sulfide) groups is 1. The Kier molecular flexibility index (Phi) is 8.00. The van der Waals surface area contributed by atoms with Gasteiger partial charge < -0.3 is 24.0 Å². The molecular formula is C31H30N4O6S. The Balaban J connectivity index is 1.20. The molecule has 1 fully saturated rings. The summed E-state index contributed by atoms with van der Waals surface area (Å²) in [4.78, 5) is 47.8. The highest BCUT2D eigenvalue weighted by Crippen LogP contribution is 2.35. The van der Waals surface area contributed by atoms with Crippen molar-refractivity contribution < 1.29 is 23.8 Å². The molecule has 3 heterocycles. The molecule has 0 aliphatic carbocycles. The van der Waals surface area contributed by atoms with E-state index in [1.165, 1.54) is 4.57 Å². The molecular weight excluding hydrogens is 556 g/mol. The second-order valence-electron chi connectivity index (χ2n) is 9.91. The van der Waals surface area contributed by atoms with Crippen LogP contribution < -0.4 is 19.9 Å². The fourth-order valence-electron chi connectivity index (χ4n) is 5.09. The van der Waals surface area contributed by atoms with Crippen LogP contribution in [-0.4, -0.2) is 71.7 Å². The molecule has 0 spiro atoms. The maximum atomic E-state index is 13.7. The number of aromatic nitrogens is 2. The van der Waals surface area contributed by atoms with Crippen LogP contribution in [0.25, 0.3) is 10.9 Å². The highest BCUT2D eigenvalue weighted by Gasteiger charge is 2.23. The van der Waals surface area contributed by atoms with Crippen LogP contribution in [0.5, 0.6) is 11.5 Å². The molecule has 2 aliphatic heterocycles. The number of piperazine rings is 1. The van der Waals surface area contributed by atoms with Crippen molar-refractivity contribution in [2.45, 2.75) is 18.6 Å². The summed E-state index contributed by atoms with van der Waals surface area (Å²) in [5, 5.41) is 0.775. The molecule has 42 heavy (non-hydrogen) atoms. The Morgan fingerprint density at radius 1 is 0.952 bits per heavy atom.